The molecule has 2 aliphatic rings. The maximum absolute atomic E-state index is 5.98. The molecule has 0 aromatic carbocycles. The van der Waals surface area contributed by atoms with E-state index >= 15 is 0 Å². The van der Waals surface area contributed by atoms with Gasteiger partial charge in [-0.1, -0.05) is 11.6 Å². The molecule has 18 heavy (non-hydrogen) atoms. The lowest BCUT2D eigenvalue weighted by atomic mass is 10.1. The van der Waals surface area contributed by atoms with E-state index in [1.165, 1.54) is 32.4 Å². The molecular formula is C13H19ClN4. The first-order valence-corrected chi connectivity index (χ1v) is 7.04. The summed E-state index contributed by atoms with van der Waals surface area (Å²) in [5, 5.41) is 12.3. The highest BCUT2D eigenvalue weighted by atomic mass is 35.5. The van der Waals surface area contributed by atoms with Crippen molar-refractivity contribution < 1.29 is 0 Å². The Morgan fingerprint density at radius 2 is 2.00 bits per heavy atom. The number of rotatable bonds is 2. The van der Waals surface area contributed by atoms with E-state index in [0.29, 0.717) is 17.2 Å². The molecule has 0 bridgehead atoms. The molecule has 0 amide bonds. The Hall–Kier alpha value is -0.870. The predicted molar refractivity (Wildman–Crippen MR) is 73.1 cm³/mol. The van der Waals surface area contributed by atoms with E-state index in [4.69, 9.17) is 11.6 Å². The van der Waals surface area contributed by atoms with Crippen molar-refractivity contribution in [2.75, 3.05) is 18.4 Å². The van der Waals surface area contributed by atoms with Gasteiger partial charge in [-0.2, -0.15) is 0 Å². The van der Waals surface area contributed by atoms with E-state index in [1.54, 1.807) is 0 Å². The van der Waals surface area contributed by atoms with Crippen LogP contribution in [0.2, 0.25) is 5.15 Å². The van der Waals surface area contributed by atoms with Gasteiger partial charge in [0.25, 0.3) is 0 Å². The van der Waals surface area contributed by atoms with Crippen LogP contribution in [0.3, 0.4) is 0 Å². The molecular weight excluding hydrogens is 248 g/mol. The molecule has 2 fully saturated rings. The van der Waals surface area contributed by atoms with Gasteiger partial charge in [0.2, 0.25) is 0 Å². The summed E-state index contributed by atoms with van der Waals surface area (Å²) in [6.45, 7) is 6.52. The van der Waals surface area contributed by atoms with E-state index in [0.717, 1.165) is 16.9 Å². The van der Waals surface area contributed by atoms with Crippen LogP contribution in [0.5, 0.6) is 0 Å². The summed E-state index contributed by atoms with van der Waals surface area (Å²) in [6, 6.07) is 1.20. The van der Waals surface area contributed by atoms with Crippen LogP contribution < -0.4 is 5.32 Å². The number of fused-ring (bicyclic) bond motifs is 1. The third-order valence-electron chi connectivity index (χ3n) is 4.39. The van der Waals surface area contributed by atoms with Gasteiger partial charge in [0.15, 0.2) is 11.0 Å². The smallest absolute Gasteiger partial charge is 0.155 e. The van der Waals surface area contributed by atoms with Crippen LogP contribution >= 0.6 is 11.6 Å². The molecule has 0 radical (unpaired) electrons. The zero-order valence-corrected chi connectivity index (χ0v) is 11.7. The molecule has 2 saturated heterocycles. The predicted octanol–water partition coefficient (Wildman–Crippen LogP) is 2.40. The third-order valence-corrected chi connectivity index (χ3v) is 4.75. The number of hydrogen-bond donors (Lipinski definition) is 1. The van der Waals surface area contributed by atoms with Crippen LogP contribution in [0, 0.1) is 13.8 Å². The highest BCUT2D eigenvalue weighted by Crippen LogP contribution is 2.31. The molecule has 3 rings (SSSR count). The summed E-state index contributed by atoms with van der Waals surface area (Å²) >= 11 is 5.98. The SMILES string of the molecule is Cc1c(Cl)nnc(NC2CCN3CCCC23)c1C. The molecule has 2 atom stereocenters. The molecule has 1 aromatic rings. The van der Waals surface area contributed by atoms with E-state index in [-0.39, 0.29) is 0 Å². The Bertz CT molecular complexity index is 463. The van der Waals surface area contributed by atoms with Crippen LogP contribution in [0.25, 0.3) is 0 Å². The van der Waals surface area contributed by atoms with Crippen molar-refractivity contribution in [3.8, 4) is 0 Å². The molecule has 1 N–H and O–H groups in total. The number of anilines is 1. The minimum absolute atomic E-state index is 0.506. The van der Waals surface area contributed by atoms with Gasteiger partial charge in [0.05, 0.1) is 0 Å². The zero-order valence-electron chi connectivity index (χ0n) is 10.9. The Balaban J connectivity index is 1.79. The van der Waals surface area contributed by atoms with Crippen LogP contribution in [0.4, 0.5) is 5.82 Å². The van der Waals surface area contributed by atoms with Gasteiger partial charge in [-0.25, -0.2) is 0 Å². The normalized spacial score (nSPS) is 27.5. The molecule has 2 unspecified atom stereocenters. The number of aromatic nitrogens is 2. The Morgan fingerprint density at radius 1 is 1.17 bits per heavy atom. The highest BCUT2D eigenvalue weighted by Gasteiger charge is 2.37. The van der Waals surface area contributed by atoms with Crippen LogP contribution in [-0.2, 0) is 0 Å². The van der Waals surface area contributed by atoms with Crippen LogP contribution in [0.1, 0.15) is 30.4 Å². The lowest BCUT2D eigenvalue weighted by Crippen LogP contribution is -2.34. The van der Waals surface area contributed by atoms with Crippen molar-refractivity contribution in [3.63, 3.8) is 0 Å². The molecule has 2 aliphatic heterocycles. The summed E-state index contributed by atoms with van der Waals surface area (Å²) in [5.41, 5.74) is 2.14. The topological polar surface area (TPSA) is 41.1 Å². The standard InChI is InChI=1S/C13H19ClN4/c1-8-9(2)13(17-16-12(8)14)15-10-5-7-18-6-3-4-11(10)18/h10-11H,3-7H2,1-2H3,(H,15,17). The van der Waals surface area contributed by atoms with Crippen molar-refractivity contribution in [3.05, 3.63) is 16.3 Å². The zero-order chi connectivity index (χ0) is 12.7. The highest BCUT2D eigenvalue weighted by molar-refractivity contribution is 6.30. The van der Waals surface area contributed by atoms with E-state index in [9.17, 15) is 0 Å². The van der Waals surface area contributed by atoms with Crippen molar-refractivity contribution in [2.45, 2.75) is 45.2 Å². The first kappa shape index (κ1) is 12.2. The van der Waals surface area contributed by atoms with Gasteiger partial charge in [0, 0.05) is 18.6 Å². The molecule has 98 valence electrons. The fraction of sp³-hybridized carbons (Fsp3) is 0.692. The average molecular weight is 267 g/mol. The van der Waals surface area contributed by atoms with Gasteiger partial charge in [-0.15, -0.1) is 10.2 Å². The Morgan fingerprint density at radius 3 is 2.83 bits per heavy atom. The quantitative estimate of drug-likeness (QED) is 0.893. The van der Waals surface area contributed by atoms with Gasteiger partial charge in [-0.3, -0.25) is 4.90 Å². The van der Waals surface area contributed by atoms with Crippen LogP contribution in [0.15, 0.2) is 0 Å². The summed E-state index contributed by atoms with van der Waals surface area (Å²) in [6.07, 6.45) is 3.83. The largest absolute Gasteiger partial charge is 0.364 e. The first-order valence-electron chi connectivity index (χ1n) is 6.67. The number of halogens is 1. The van der Waals surface area contributed by atoms with E-state index < -0.39 is 0 Å². The molecule has 3 heterocycles. The fourth-order valence-electron chi connectivity index (χ4n) is 3.14. The second-order valence-corrected chi connectivity index (χ2v) is 5.73. The van der Waals surface area contributed by atoms with Crippen molar-refractivity contribution >= 4 is 17.4 Å². The minimum Gasteiger partial charge on any atom is -0.364 e. The van der Waals surface area contributed by atoms with Gasteiger partial charge < -0.3 is 5.32 Å². The fourth-order valence-corrected chi connectivity index (χ4v) is 3.32. The van der Waals surface area contributed by atoms with Crippen LogP contribution in [-0.4, -0.2) is 40.3 Å². The second kappa shape index (κ2) is 4.67. The third kappa shape index (κ3) is 1.97. The number of nitrogens with zero attached hydrogens (tertiary/aromatic N) is 3. The van der Waals surface area contributed by atoms with Crippen molar-refractivity contribution in [2.24, 2.45) is 0 Å². The molecule has 5 heteroatoms. The molecule has 1 aromatic heterocycles. The molecule has 0 aliphatic carbocycles. The summed E-state index contributed by atoms with van der Waals surface area (Å²) < 4.78 is 0. The molecule has 0 saturated carbocycles. The van der Waals surface area contributed by atoms with E-state index in [2.05, 4.69) is 27.3 Å². The number of hydrogen-bond acceptors (Lipinski definition) is 4. The Labute approximate surface area is 113 Å². The van der Waals surface area contributed by atoms with Gasteiger partial charge in [-0.05, 0) is 50.8 Å². The lowest BCUT2D eigenvalue weighted by Gasteiger charge is -2.22. The lowest BCUT2D eigenvalue weighted by molar-refractivity contribution is 0.318. The summed E-state index contributed by atoms with van der Waals surface area (Å²) in [5.74, 6) is 0.899. The maximum atomic E-state index is 5.98. The maximum Gasteiger partial charge on any atom is 0.155 e. The molecule has 4 nitrogen and oxygen atoms in total. The number of nitrogens with one attached hydrogen (secondary N) is 1. The monoisotopic (exact) mass is 266 g/mol. The summed E-state index contributed by atoms with van der Waals surface area (Å²) in [7, 11) is 0. The average Bonchev–Trinajstić information content (AvgIpc) is 2.94. The van der Waals surface area contributed by atoms with Crippen molar-refractivity contribution in [1.82, 2.24) is 15.1 Å². The molecule has 0 spiro atoms. The second-order valence-electron chi connectivity index (χ2n) is 5.37. The minimum atomic E-state index is 0.506. The van der Waals surface area contributed by atoms with Gasteiger partial charge >= 0.3 is 0 Å². The summed E-state index contributed by atoms with van der Waals surface area (Å²) in [4.78, 5) is 2.59. The van der Waals surface area contributed by atoms with Crippen molar-refractivity contribution in [1.29, 1.82) is 0 Å². The Kier molecular flexibility index (Phi) is 3.16. The first-order chi connectivity index (χ1) is 8.66. The van der Waals surface area contributed by atoms with E-state index in [1.807, 2.05) is 6.92 Å². The van der Waals surface area contributed by atoms with Gasteiger partial charge in [0.1, 0.15) is 0 Å².